The van der Waals surface area contributed by atoms with Crippen molar-refractivity contribution in [2.24, 2.45) is 0 Å². The van der Waals surface area contributed by atoms with E-state index in [4.69, 9.17) is 4.84 Å². The normalized spacial score (nSPS) is 13.8. The number of carbonyl (C=O) groups excluding carboxylic acids is 1. The highest BCUT2D eigenvalue weighted by molar-refractivity contribution is 6.54. The van der Waals surface area contributed by atoms with E-state index in [-0.39, 0.29) is 5.78 Å². The number of ketones is 1. The van der Waals surface area contributed by atoms with Gasteiger partial charge in [-0.15, -0.1) is 0 Å². The van der Waals surface area contributed by atoms with E-state index >= 15 is 0 Å². The van der Waals surface area contributed by atoms with Crippen LogP contribution in [0.5, 0.6) is 0 Å². The predicted molar refractivity (Wildman–Crippen MR) is 112 cm³/mol. The molecule has 0 N–H and O–H groups in total. The van der Waals surface area contributed by atoms with Crippen LogP contribution >= 0.6 is 0 Å². The first kappa shape index (κ1) is 15.3. The van der Waals surface area contributed by atoms with Gasteiger partial charge >= 0.3 is 5.71 Å². The van der Waals surface area contributed by atoms with Crippen molar-refractivity contribution in [2.45, 2.75) is 0 Å². The summed E-state index contributed by atoms with van der Waals surface area (Å²) < 4.78 is 1.66. The smallest absolute Gasteiger partial charge is 0.281 e. The molecule has 6 rings (SSSR count). The molecule has 28 heavy (non-hydrogen) atoms. The van der Waals surface area contributed by atoms with Crippen molar-refractivity contribution in [3.8, 4) is 0 Å². The predicted octanol–water partition coefficient (Wildman–Crippen LogP) is 5.48. The number of benzene rings is 5. The zero-order chi connectivity index (χ0) is 18.8. The molecule has 0 amide bonds. The van der Waals surface area contributed by atoms with Gasteiger partial charge in [-0.3, -0.25) is 9.63 Å². The van der Waals surface area contributed by atoms with Crippen LogP contribution in [0, 0.1) is 0 Å². The summed E-state index contributed by atoms with van der Waals surface area (Å²) in [5.41, 5.74) is 2.93. The fraction of sp³-hybridized carbons (Fsp3) is 0.0400. The number of carbonyl (C=O) groups is 1. The zero-order valence-corrected chi connectivity index (χ0v) is 15.3. The van der Waals surface area contributed by atoms with Crippen LogP contribution in [0.1, 0.15) is 15.9 Å². The number of rotatable bonds is 2. The first-order chi connectivity index (χ1) is 13.8. The summed E-state index contributed by atoms with van der Waals surface area (Å²) in [6.07, 6.45) is 0. The van der Waals surface area contributed by atoms with E-state index in [1.54, 1.807) is 11.8 Å². The maximum absolute atomic E-state index is 13.3. The van der Waals surface area contributed by atoms with Gasteiger partial charge in [-0.05, 0) is 44.5 Å². The molecule has 0 unspecified atom stereocenters. The average Bonchev–Trinajstić information content (AvgIpc) is 3.04. The lowest BCUT2D eigenvalue weighted by Gasteiger charge is -2.12. The largest absolute Gasteiger partial charge is 0.313 e. The van der Waals surface area contributed by atoms with Crippen LogP contribution < -0.4 is 0 Å². The van der Waals surface area contributed by atoms with Crippen LogP contribution in [0.15, 0.2) is 78.9 Å². The zero-order valence-electron chi connectivity index (χ0n) is 15.3. The van der Waals surface area contributed by atoms with Crippen LogP contribution in [-0.4, -0.2) is 23.3 Å². The third kappa shape index (κ3) is 1.83. The Balaban J connectivity index is 1.75. The SMILES string of the molecule is CO[N+]1=C(c2ccc3ccc4cccc5ccc2c3c45)C(=O)c2ccccc21. The molecule has 0 saturated carbocycles. The van der Waals surface area contributed by atoms with Crippen molar-refractivity contribution >= 4 is 49.5 Å². The summed E-state index contributed by atoms with van der Waals surface area (Å²) in [7, 11) is 1.60. The molecule has 5 aromatic rings. The molecule has 0 spiro atoms. The highest BCUT2D eigenvalue weighted by Gasteiger charge is 2.42. The quantitative estimate of drug-likeness (QED) is 0.308. The second-order valence-electron chi connectivity index (χ2n) is 7.14. The molecule has 0 aromatic heterocycles. The fourth-order valence-corrected chi connectivity index (χ4v) is 4.55. The Kier molecular flexibility index (Phi) is 2.96. The van der Waals surface area contributed by atoms with Gasteiger partial charge in [0.2, 0.25) is 0 Å². The van der Waals surface area contributed by atoms with E-state index in [1.165, 1.54) is 26.9 Å². The molecular weight excluding hydrogens is 346 g/mol. The van der Waals surface area contributed by atoms with Gasteiger partial charge in [0.15, 0.2) is 0 Å². The summed E-state index contributed by atoms with van der Waals surface area (Å²) in [6.45, 7) is 0. The Morgan fingerprint density at radius 3 is 2.14 bits per heavy atom. The fourth-order valence-electron chi connectivity index (χ4n) is 4.55. The molecule has 0 fully saturated rings. The molecule has 0 saturated heterocycles. The lowest BCUT2D eigenvalue weighted by Crippen LogP contribution is -2.19. The molecule has 1 aliphatic rings. The van der Waals surface area contributed by atoms with E-state index in [1.807, 2.05) is 30.3 Å². The molecule has 3 heteroatoms. The number of fused-ring (bicyclic) bond motifs is 1. The van der Waals surface area contributed by atoms with Gasteiger partial charge in [0.1, 0.15) is 12.7 Å². The minimum Gasteiger partial charge on any atom is -0.281 e. The number of hydrogen-bond acceptors (Lipinski definition) is 2. The van der Waals surface area contributed by atoms with E-state index in [0.717, 1.165) is 16.6 Å². The van der Waals surface area contributed by atoms with Crippen LogP contribution in [0.4, 0.5) is 5.69 Å². The van der Waals surface area contributed by atoms with Gasteiger partial charge in [0, 0.05) is 10.8 Å². The number of hydrogen-bond donors (Lipinski definition) is 0. The van der Waals surface area contributed by atoms with Crippen LogP contribution in [0.2, 0.25) is 0 Å². The summed E-state index contributed by atoms with van der Waals surface area (Å²) in [5.74, 6) is -0.00696. The van der Waals surface area contributed by atoms with Crippen molar-refractivity contribution in [1.82, 2.24) is 0 Å². The summed E-state index contributed by atoms with van der Waals surface area (Å²) in [4.78, 5) is 18.9. The van der Waals surface area contributed by atoms with E-state index in [0.29, 0.717) is 11.3 Å². The van der Waals surface area contributed by atoms with Gasteiger partial charge in [0.05, 0.1) is 5.56 Å². The first-order valence-corrected chi connectivity index (χ1v) is 9.30. The molecule has 1 aliphatic heterocycles. The first-order valence-electron chi connectivity index (χ1n) is 9.30. The topological polar surface area (TPSA) is 29.3 Å². The van der Waals surface area contributed by atoms with Crippen molar-refractivity contribution in [3.05, 3.63) is 90.0 Å². The van der Waals surface area contributed by atoms with Crippen molar-refractivity contribution in [1.29, 1.82) is 0 Å². The average molecular weight is 362 g/mol. The number of para-hydroxylation sites is 1. The molecule has 1 heterocycles. The molecule has 3 nitrogen and oxygen atoms in total. The van der Waals surface area contributed by atoms with Crippen molar-refractivity contribution in [3.63, 3.8) is 0 Å². The number of nitrogens with zero attached hydrogens (tertiary/aromatic N) is 1. The standard InChI is InChI=1S/C25H16NO2/c1-28-26-21-8-3-2-7-20(21)25(27)24(26)19-14-12-17-10-9-15-5-4-6-16-11-13-18(19)23(17)22(15)16/h2-14H,1H3/q+1. The summed E-state index contributed by atoms with van der Waals surface area (Å²) >= 11 is 0. The van der Waals surface area contributed by atoms with E-state index < -0.39 is 0 Å². The Morgan fingerprint density at radius 1 is 0.679 bits per heavy atom. The van der Waals surface area contributed by atoms with Gasteiger partial charge in [-0.1, -0.05) is 60.7 Å². The minimum atomic E-state index is -0.00696. The van der Waals surface area contributed by atoms with Crippen LogP contribution in [0.3, 0.4) is 0 Å². The Hall–Kier alpha value is -3.72. The van der Waals surface area contributed by atoms with Gasteiger partial charge < -0.3 is 0 Å². The molecule has 0 bridgehead atoms. The number of Topliss-reactive ketones (excluding diaryl/α,β-unsaturated/α-hetero) is 1. The monoisotopic (exact) mass is 362 g/mol. The molecule has 132 valence electrons. The highest BCUT2D eigenvalue weighted by Crippen LogP contribution is 2.38. The van der Waals surface area contributed by atoms with E-state index in [9.17, 15) is 4.79 Å². The van der Waals surface area contributed by atoms with Crippen molar-refractivity contribution in [2.75, 3.05) is 7.11 Å². The van der Waals surface area contributed by atoms with Crippen LogP contribution in [0.25, 0.3) is 32.3 Å². The highest BCUT2D eigenvalue weighted by atomic mass is 16.7. The van der Waals surface area contributed by atoms with E-state index in [2.05, 4.69) is 48.5 Å². The second kappa shape index (κ2) is 5.40. The Morgan fingerprint density at radius 2 is 1.36 bits per heavy atom. The molecule has 0 aliphatic carbocycles. The van der Waals surface area contributed by atoms with Gasteiger partial charge in [-0.25, -0.2) is 0 Å². The van der Waals surface area contributed by atoms with Crippen molar-refractivity contribution < 1.29 is 14.4 Å². The summed E-state index contributed by atoms with van der Waals surface area (Å²) in [6, 6.07) is 26.6. The molecule has 5 aromatic carbocycles. The van der Waals surface area contributed by atoms with Gasteiger partial charge in [0.25, 0.3) is 11.5 Å². The Bertz CT molecular complexity index is 1450. The third-order valence-corrected chi connectivity index (χ3v) is 5.75. The molecule has 0 atom stereocenters. The third-order valence-electron chi connectivity index (χ3n) is 5.75. The maximum atomic E-state index is 13.3. The lowest BCUT2D eigenvalue weighted by atomic mass is 9.90. The van der Waals surface area contributed by atoms with Crippen LogP contribution in [-0.2, 0) is 4.84 Å². The maximum Gasteiger partial charge on any atom is 0.313 e. The minimum absolute atomic E-state index is 0.00696. The Labute approximate surface area is 161 Å². The molecular formula is C25H16NO2+. The lowest BCUT2D eigenvalue weighted by molar-refractivity contribution is -0.717. The second-order valence-corrected chi connectivity index (χ2v) is 7.14. The molecule has 0 radical (unpaired) electrons. The van der Waals surface area contributed by atoms with Gasteiger partial charge in [-0.2, -0.15) is 0 Å². The summed E-state index contributed by atoms with van der Waals surface area (Å²) in [5, 5.41) is 7.10.